The molecule has 0 bridgehead atoms. The average Bonchev–Trinajstić information content (AvgIpc) is 3.48. The lowest BCUT2D eigenvalue weighted by atomic mass is 10.0. The summed E-state index contributed by atoms with van der Waals surface area (Å²) in [4.78, 5) is 27.1. The average molecular weight is 405 g/mol. The van der Waals surface area contributed by atoms with Gasteiger partial charge in [-0.1, -0.05) is 47.6 Å². The molecular weight excluding hydrogens is 382 g/mol. The van der Waals surface area contributed by atoms with Gasteiger partial charge in [-0.2, -0.15) is 0 Å². The van der Waals surface area contributed by atoms with Crippen molar-refractivity contribution in [2.24, 2.45) is 0 Å². The van der Waals surface area contributed by atoms with Crippen LogP contribution in [0, 0.1) is 0 Å². The summed E-state index contributed by atoms with van der Waals surface area (Å²) in [6.45, 7) is 0.959. The van der Waals surface area contributed by atoms with Gasteiger partial charge in [-0.3, -0.25) is 9.59 Å². The third kappa shape index (κ3) is 4.93. The summed E-state index contributed by atoms with van der Waals surface area (Å²) in [5.74, 6) is -0.228. The molecule has 1 aliphatic rings. The molecule has 1 atom stereocenters. The molecule has 2 heterocycles. The third-order valence-corrected chi connectivity index (χ3v) is 5.01. The van der Waals surface area contributed by atoms with Crippen molar-refractivity contribution < 1.29 is 18.8 Å². The van der Waals surface area contributed by atoms with Gasteiger partial charge >= 0.3 is 0 Å². The molecule has 4 rings (SSSR count). The number of carbonyl (C=O) groups excluding carboxylic acids is 2. The summed E-state index contributed by atoms with van der Waals surface area (Å²) in [6, 6.07) is 18.9. The monoisotopic (exact) mass is 405 g/mol. The molecule has 7 heteroatoms. The van der Waals surface area contributed by atoms with Gasteiger partial charge in [0.05, 0.1) is 6.10 Å². The van der Waals surface area contributed by atoms with Gasteiger partial charge in [0.1, 0.15) is 12.8 Å². The number of benzene rings is 2. The van der Waals surface area contributed by atoms with Crippen molar-refractivity contribution in [3.63, 3.8) is 0 Å². The Morgan fingerprint density at radius 3 is 2.47 bits per heavy atom. The quantitative estimate of drug-likeness (QED) is 0.649. The summed E-state index contributed by atoms with van der Waals surface area (Å²) in [5, 5.41) is 6.31. The van der Waals surface area contributed by atoms with E-state index in [1.54, 1.807) is 18.2 Å². The van der Waals surface area contributed by atoms with Gasteiger partial charge in [-0.15, -0.1) is 0 Å². The Bertz CT molecular complexity index is 965. The SMILES string of the molecule is O=C(CN(C[C@@H]1CCCO1)C(=O)c1ccc(-c2ccccc2)cc1)Nc1ccon1. The highest BCUT2D eigenvalue weighted by atomic mass is 16.5. The van der Waals surface area contributed by atoms with Gasteiger partial charge in [0.2, 0.25) is 5.91 Å². The first-order chi connectivity index (χ1) is 14.7. The number of nitrogens with one attached hydrogen (secondary N) is 1. The maximum absolute atomic E-state index is 13.2. The minimum atomic E-state index is -0.337. The zero-order valence-corrected chi connectivity index (χ0v) is 16.5. The van der Waals surface area contributed by atoms with E-state index >= 15 is 0 Å². The largest absolute Gasteiger partial charge is 0.376 e. The van der Waals surface area contributed by atoms with E-state index in [4.69, 9.17) is 9.26 Å². The van der Waals surface area contributed by atoms with Gasteiger partial charge in [-0.25, -0.2) is 0 Å². The molecule has 1 aromatic heterocycles. The lowest BCUT2D eigenvalue weighted by molar-refractivity contribution is -0.117. The number of carbonyl (C=O) groups is 2. The van der Waals surface area contributed by atoms with Crippen molar-refractivity contribution in [3.8, 4) is 11.1 Å². The van der Waals surface area contributed by atoms with Crippen molar-refractivity contribution in [3.05, 3.63) is 72.5 Å². The van der Waals surface area contributed by atoms with Crippen molar-refractivity contribution >= 4 is 17.6 Å². The van der Waals surface area contributed by atoms with Crippen LogP contribution in [0.5, 0.6) is 0 Å². The number of aromatic nitrogens is 1. The lowest BCUT2D eigenvalue weighted by Crippen LogP contribution is -2.42. The van der Waals surface area contributed by atoms with Crippen molar-refractivity contribution in [2.45, 2.75) is 18.9 Å². The molecule has 1 N–H and O–H groups in total. The number of ether oxygens (including phenoxy) is 1. The number of rotatable bonds is 7. The number of amides is 2. The normalized spacial score (nSPS) is 15.7. The fourth-order valence-corrected chi connectivity index (χ4v) is 3.50. The molecule has 3 aromatic rings. The molecule has 30 heavy (non-hydrogen) atoms. The Morgan fingerprint density at radius 1 is 1.03 bits per heavy atom. The van der Waals surface area contributed by atoms with Crippen LogP contribution < -0.4 is 5.32 Å². The van der Waals surface area contributed by atoms with Gasteiger partial charge in [0, 0.05) is 24.8 Å². The molecule has 1 aliphatic heterocycles. The van der Waals surface area contributed by atoms with E-state index in [-0.39, 0.29) is 24.5 Å². The first-order valence-corrected chi connectivity index (χ1v) is 9.95. The summed E-state index contributed by atoms with van der Waals surface area (Å²) in [7, 11) is 0. The van der Waals surface area contributed by atoms with E-state index in [0.29, 0.717) is 24.5 Å². The van der Waals surface area contributed by atoms with Crippen LogP contribution in [-0.4, -0.2) is 47.7 Å². The number of nitrogens with zero attached hydrogens (tertiary/aromatic N) is 2. The second-order valence-corrected chi connectivity index (χ2v) is 7.20. The fourth-order valence-electron chi connectivity index (χ4n) is 3.50. The van der Waals surface area contributed by atoms with Crippen LogP contribution in [0.2, 0.25) is 0 Å². The molecule has 0 spiro atoms. The molecule has 0 unspecified atom stereocenters. The van der Waals surface area contributed by atoms with Gasteiger partial charge in [0.15, 0.2) is 5.82 Å². The molecular formula is C23H23N3O4. The van der Waals surface area contributed by atoms with E-state index in [1.165, 1.54) is 11.2 Å². The molecule has 1 fully saturated rings. The molecule has 7 nitrogen and oxygen atoms in total. The van der Waals surface area contributed by atoms with Crippen molar-refractivity contribution in [2.75, 3.05) is 25.0 Å². The van der Waals surface area contributed by atoms with E-state index in [1.807, 2.05) is 42.5 Å². The highest BCUT2D eigenvalue weighted by Crippen LogP contribution is 2.21. The first kappa shape index (κ1) is 19.8. The fraction of sp³-hybridized carbons (Fsp3) is 0.261. The molecule has 154 valence electrons. The number of hydrogen-bond acceptors (Lipinski definition) is 5. The van der Waals surface area contributed by atoms with Crippen molar-refractivity contribution in [1.82, 2.24) is 10.1 Å². The van der Waals surface area contributed by atoms with Crippen molar-refractivity contribution in [1.29, 1.82) is 0 Å². The van der Waals surface area contributed by atoms with Crippen LogP contribution in [-0.2, 0) is 9.53 Å². The van der Waals surface area contributed by atoms with Gasteiger partial charge < -0.3 is 19.5 Å². The molecule has 0 aliphatic carbocycles. The second kappa shape index (κ2) is 9.37. The van der Waals surface area contributed by atoms with E-state index < -0.39 is 0 Å². The maximum atomic E-state index is 13.2. The van der Waals surface area contributed by atoms with Gasteiger partial charge in [0.25, 0.3) is 5.91 Å². The summed E-state index contributed by atoms with van der Waals surface area (Å²) < 4.78 is 10.4. The highest BCUT2D eigenvalue weighted by molar-refractivity contribution is 5.99. The summed E-state index contributed by atoms with van der Waals surface area (Å²) in [5.41, 5.74) is 2.64. The smallest absolute Gasteiger partial charge is 0.254 e. The molecule has 0 radical (unpaired) electrons. The third-order valence-electron chi connectivity index (χ3n) is 5.01. The van der Waals surface area contributed by atoms with Crippen LogP contribution in [0.15, 0.2) is 71.4 Å². The van der Waals surface area contributed by atoms with E-state index in [9.17, 15) is 9.59 Å². The molecule has 1 saturated heterocycles. The van der Waals surface area contributed by atoms with E-state index in [2.05, 4.69) is 10.5 Å². The number of anilines is 1. The summed E-state index contributed by atoms with van der Waals surface area (Å²) >= 11 is 0. The van der Waals surface area contributed by atoms with Crippen LogP contribution in [0.4, 0.5) is 5.82 Å². The molecule has 0 saturated carbocycles. The molecule has 2 amide bonds. The van der Waals surface area contributed by atoms with Crippen LogP contribution >= 0.6 is 0 Å². The van der Waals surface area contributed by atoms with E-state index in [0.717, 1.165) is 24.0 Å². The standard InChI is InChI=1S/C23H23N3O4/c27-22(24-21-12-14-30-25-21)16-26(15-20-7-4-13-29-20)23(28)19-10-8-18(9-11-19)17-5-2-1-3-6-17/h1-3,5-6,8-12,14,20H,4,7,13,15-16H2,(H,24,25,27)/t20-/m0/s1. The Hall–Kier alpha value is -3.45. The Balaban J connectivity index is 1.48. The maximum Gasteiger partial charge on any atom is 0.254 e. The van der Waals surface area contributed by atoms with Crippen LogP contribution in [0.3, 0.4) is 0 Å². The summed E-state index contributed by atoms with van der Waals surface area (Å²) in [6.07, 6.45) is 3.15. The Labute approximate surface area is 174 Å². The Kier molecular flexibility index (Phi) is 6.20. The number of hydrogen-bond donors (Lipinski definition) is 1. The minimum Gasteiger partial charge on any atom is -0.376 e. The Morgan fingerprint density at radius 2 is 1.80 bits per heavy atom. The zero-order chi connectivity index (χ0) is 20.8. The zero-order valence-electron chi connectivity index (χ0n) is 16.5. The van der Waals surface area contributed by atoms with Crippen LogP contribution in [0.25, 0.3) is 11.1 Å². The lowest BCUT2D eigenvalue weighted by Gasteiger charge is -2.25. The second-order valence-electron chi connectivity index (χ2n) is 7.20. The molecule has 2 aromatic carbocycles. The highest BCUT2D eigenvalue weighted by Gasteiger charge is 2.25. The van der Waals surface area contributed by atoms with Gasteiger partial charge in [-0.05, 0) is 36.1 Å². The first-order valence-electron chi connectivity index (χ1n) is 9.95. The predicted molar refractivity (Wildman–Crippen MR) is 112 cm³/mol. The minimum absolute atomic E-state index is 0.0580. The van der Waals surface area contributed by atoms with Crippen LogP contribution in [0.1, 0.15) is 23.2 Å². The topological polar surface area (TPSA) is 84.7 Å². The predicted octanol–water partition coefficient (Wildman–Crippen LogP) is 3.60.